The SMILES string of the molecule is CC12CCC3C(CC(C4CC4)C4=CC(=O)CCC43C)C1CC=C2c1cncc(F)c1. The molecule has 0 spiro atoms. The average Bonchev–Trinajstić information content (AvgIpc) is 3.49. The molecule has 158 valence electrons. The van der Waals surface area contributed by atoms with E-state index in [0.717, 1.165) is 37.2 Å². The summed E-state index contributed by atoms with van der Waals surface area (Å²) in [6, 6.07) is 1.67. The van der Waals surface area contributed by atoms with Crippen molar-refractivity contribution in [3.8, 4) is 0 Å². The van der Waals surface area contributed by atoms with Crippen molar-refractivity contribution in [1.82, 2.24) is 4.98 Å². The molecule has 5 aliphatic carbocycles. The molecule has 3 saturated carbocycles. The largest absolute Gasteiger partial charge is 0.295 e. The predicted octanol–water partition coefficient (Wildman–Crippen LogP) is 6.38. The van der Waals surface area contributed by atoms with E-state index in [1.807, 2.05) is 6.20 Å². The molecule has 3 heteroatoms. The third-order valence-corrected chi connectivity index (χ3v) is 9.84. The number of halogens is 1. The van der Waals surface area contributed by atoms with Gasteiger partial charge in [-0.2, -0.15) is 0 Å². The van der Waals surface area contributed by atoms with E-state index in [9.17, 15) is 9.18 Å². The Kier molecular flexibility index (Phi) is 4.03. The summed E-state index contributed by atoms with van der Waals surface area (Å²) in [5, 5.41) is 0. The van der Waals surface area contributed by atoms with E-state index < -0.39 is 0 Å². The minimum Gasteiger partial charge on any atom is -0.295 e. The maximum Gasteiger partial charge on any atom is 0.155 e. The van der Waals surface area contributed by atoms with Crippen molar-refractivity contribution < 1.29 is 9.18 Å². The first-order chi connectivity index (χ1) is 14.4. The first-order valence-electron chi connectivity index (χ1n) is 12.0. The lowest BCUT2D eigenvalue weighted by Crippen LogP contribution is -2.52. The molecule has 2 nitrogen and oxygen atoms in total. The fourth-order valence-electron chi connectivity index (χ4n) is 8.21. The van der Waals surface area contributed by atoms with Crippen LogP contribution in [0.15, 0.2) is 36.2 Å². The third-order valence-electron chi connectivity index (χ3n) is 9.84. The number of carbonyl (C=O) groups is 1. The van der Waals surface area contributed by atoms with Crippen LogP contribution in [0.2, 0.25) is 0 Å². The van der Waals surface area contributed by atoms with E-state index >= 15 is 0 Å². The van der Waals surface area contributed by atoms with Crippen LogP contribution in [0.5, 0.6) is 0 Å². The molecule has 5 aliphatic rings. The Hall–Kier alpha value is -1.77. The lowest BCUT2D eigenvalue weighted by molar-refractivity contribution is -0.117. The van der Waals surface area contributed by atoms with E-state index in [1.165, 1.54) is 43.0 Å². The monoisotopic (exact) mass is 405 g/mol. The van der Waals surface area contributed by atoms with E-state index in [1.54, 1.807) is 6.07 Å². The van der Waals surface area contributed by atoms with Crippen LogP contribution in [0, 0.1) is 46.2 Å². The van der Waals surface area contributed by atoms with E-state index in [0.29, 0.717) is 29.5 Å². The number of fused-ring (bicyclic) bond motifs is 5. The molecule has 0 aliphatic heterocycles. The van der Waals surface area contributed by atoms with Gasteiger partial charge in [-0.05, 0) is 109 Å². The highest BCUT2D eigenvalue weighted by atomic mass is 19.1. The van der Waals surface area contributed by atoms with Crippen LogP contribution in [0.3, 0.4) is 0 Å². The molecule has 1 aromatic heterocycles. The van der Waals surface area contributed by atoms with Gasteiger partial charge in [-0.15, -0.1) is 0 Å². The Morgan fingerprint density at radius 1 is 1.07 bits per heavy atom. The van der Waals surface area contributed by atoms with Crippen LogP contribution in [0.1, 0.15) is 70.8 Å². The maximum atomic E-state index is 13.9. The van der Waals surface area contributed by atoms with Gasteiger partial charge < -0.3 is 0 Å². The molecule has 6 rings (SSSR count). The maximum absolute atomic E-state index is 13.9. The summed E-state index contributed by atoms with van der Waals surface area (Å²) in [5.74, 6) is 3.56. The standard InChI is InChI=1S/C27H32FNO/c1-26-10-8-24-21(23(26)6-5-22(26)17-11-18(28)15-29-14-17)13-20(16-3-4-16)25-12-19(30)7-9-27(24,25)2/h5,11-12,14-16,20-21,23-24H,3-4,6-10,13H2,1-2H3. The van der Waals surface area contributed by atoms with Crippen molar-refractivity contribution >= 4 is 11.4 Å². The highest BCUT2D eigenvalue weighted by Crippen LogP contribution is 2.69. The second-order valence-corrected chi connectivity index (χ2v) is 11.2. The predicted molar refractivity (Wildman–Crippen MR) is 116 cm³/mol. The van der Waals surface area contributed by atoms with Crippen LogP contribution in [0.25, 0.3) is 5.57 Å². The van der Waals surface area contributed by atoms with Gasteiger partial charge >= 0.3 is 0 Å². The minimum atomic E-state index is -0.241. The Labute approximate surface area is 179 Å². The second kappa shape index (κ2) is 6.37. The number of pyridine rings is 1. The molecule has 0 saturated heterocycles. The molecule has 0 amide bonds. The van der Waals surface area contributed by atoms with Gasteiger partial charge in [0.05, 0.1) is 6.20 Å². The van der Waals surface area contributed by atoms with Gasteiger partial charge in [-0.1, -0.05) is 25.5 Å². The summed E-state index contributed by atoms with van der Waals surface area (Å²) in [6.45, 7) is 4.92. The summed E-state index contributed by atoms with van der Waals surface area (Å²) < 4.78 is 13.9. The topological polar surface area (TPSA) is 30.0 Å². The molecule has 30 heavy (non-hydrogen) atoms. The Bertz CT molecular complexity index is 975. The molecule has 0 aromatic carbocycles. The van der Waals surface area contributed by atoms with Gasteiger partial charge in [0, 0.05) is 12.6 Å². The van der Waals surface area contributed by atoms with Crippen molar-refractivity contribution in [1.29, 1.82) is 0 Å². The van der Waals surface area contributed by atoms with Crippen LogP contribution >= 0.6 is 0 Å². The summed E-state index contributed by atoms with van der Waals surface area (Å²) >= 11 is 0. The Morgan fingerprint density at radius 2 is 1.90 bits per heavy atom. The van der Waals surface area contributed by atoms with Crippen LogP contribution in [0.4, 0.5) is 4.39 Å². The average molecular weight is 406 g/mol. The highest BCUT2D eigenvalue weighted by Gasteiger charge is 2.60. The number of allylic oxidation sites excluding steroid dienone is 4. The quantitative estimate of drug-likeness (QED) is 0.571. The fourth-order valence-corrected chi connectivity index (χ4v) is 8.21. The van der Waals surface area contributed by atoms with Crippen molar-refractivity contribution in [2.75, 3.05) is 0 Å². The molecule has 1 heterocycles. The van der Waals surface area contributed by atoms with Gasteiger partial charge in [-0.3, -0.25) is 9.78 Å². The first-order valence-corrected chi connectivity index (χ1v) is 12.0. The lowest BCUT2D eigenvalue weighted by atomic mass is 9.44. The van der Waals surface area contributed by atoms with Crippen molar-refractivity contribution in [3.05, 3.63) is 47.6 Å². The minimum absolute atomic E-state index is 0.118. The lowest BCUT2D eigenvalue weighted by Gasteiger charge is -2.60. The Morgan fingerprint density at radius 3 is 2.67 bits per heavy atom. The number of rotatable bonds is 2. The summed E-state index contributed by atoms with van der Waals surface area (Å²) in [7, 11) is 0. The third kappa shape index (κ3) is 2.59. The summed E-state index contributed by atoms with van der Waals surface area (Å²) in [5.41, 5.74) is 4.14. The van der Waals surface area contributed by atoms with E-state index in [2.05, 4.69) is 31.0 Å². The molecule has 0 bridgehead atoms. The molecule has 0 radical (unpaired) electrons. The van der Waals surface area contributed by atoms with Crippen LogP contribution in [-0.2, 0) is 4.79 Å². The van der Waals surface area contributed by atoms with E-state index in [-0.39, 0.29) is 16.6 Å². The molecule has 6 unspecified atom stereocenters. The highest BCUT2D eigenvalue weighted by molar-refractivity contribution is 5.91. The van der Waals surface area contributed by atoms with Crippen LogP contribution < -0.4 is 0 Å². The number of carbonyl (C=O) groups excluding carboxylic acids is 1. The second-order valence-electron chi connectivity index (χ2n) is 11.2. The molecule has 6 atom stereocenters. The zero-order chi connectivity index (χ0) is 20.7. The first kappa shape index (κ1) is 19.0. The van der Waals surface area contributed by atoms with Gasteiger partial charge in [0.1, 0.15) is 5.82 Å². The molecule has 3 fully saturated rings. The van der Waals surface area contributed by atoms with Crippen molar-refractivity contribution in [2.45, 2.75) is 65.2 Å². The summed E-state index contributed by atoms with van der Waals surface area (Å²) in [6.07, 6.45) is 16.8. The number of ketones is 1. The van der Waals surface area contributed by atoms with Crippen molar-refractivity contribution in [2.24, 2.45) is 40.4 Å². The number of hydrogen-bond acceptors (Lipinski definition) is 2. The zero-order valence-electron chi connectivity index (χ0n) is 18.2. The normalized spacial score (nSPS) is 42.7. The molecule has 0 N–H and O–H groups in total. The smallest absolute Gasteiger partial charge is 0.155 e. The van der Waals surface area contributed by atoms with Gasteiger partial charge in [0.2, 0.25) is 0 Å². The molecule has 1 aromatic rings. The van der Waals surface area contributed by atoms with Crippen molar-refractivity contribution in [3.63, 3.8) is 0 Å². The van der Waals surface area contributed by atoms with E-state index in [4.69, 9.17) is 0 Å². The fraction of sp³-hybridized carbons (Fsp3) is 0.630. The zero-order valence-corrected chi connectivity index (χ0v) is 18.2. The Balaban J connectivity index is 1.38. The number of hydrogen-bond donors (Lipinski definition) is 0. The number of aromatic nitrogens is 1. The van der Waals surface area contributed by atoms with Gasteiger partial charge in [-0.25, -0.2) is 4.39 Å². The van der Waals surface area contributed by atoms with Gasteiger partial charge in [0.15, 0.2) is 5.78 Å². The molecular formula is C27H32FNO. The van der Waals surface area contributed by atoms with Crippen LogP contribution in [-0.4, -0.2) is 10.8 Å². The van der Waals surface area contributed by atoms with Gasteiger partial charge in [0.25, 0.3) is 0 Å². The summed E-state index contributed by atoms with van der Waals surface area (Å²) in [4.78, 5) is 16.5. The number of nitrogens with zero attached hydrogens (tertiary/aromatic N) is 1. The molecular weight excluding hydrogens is 373 g/mol.